The van der Waals surface area contributed by atoms with Crippen molar-refractivity contribution in [1.29, 1.82) is 0 Å². The van der Waals surface area contributed by atoms with Gasteiger partial charge in [0.2, 0.25) is 0 Å². The van der Waals surface area contributed by atoms with E-state index in [0.717, 1.165) is 18.2 Å². The zero-order valence-corrected chi connectivity index (χ0v) is 14.5. The van der Waals surface area contributed by atoms with Crippen LogP contribution in [0.25, 0.3) is 0 Å². The molecule has 0 saturated carbocycles. The maximum atomic E-state index is 5.84. The summed E-state index contributed by atoms with van der Waals surface area (Å²) < 4.78 is 5.84. The Kier molecular flexibility index (Phi) is 8.44. The molecule has 1 aromatic rings. The average Bonchev–Trinajstić information content (AvgIpc) is 2.47. The van der Waals surface area contributed by atoms with Crippen LogP contribution in [0.15, 0.2) is 24.3 Å². The van der Waals surface area contributed by atoms with E-state index in [0.29, 0.717) is 6.04 Å². The standard InChI is InChI=1S/C19H33NO/c1-6-12-20-19(13-16(7-2)8-3)17-10-9-11-18(14-17)21-15(4)5/h9-11,14-16,19-20H,6-8,12-13H2,1-5H3. The lowest BCUT2D eigenvalue weighted by Crippen LogP contribution is -2.24. The highest BCUT2D eigenvalue weighted by molar-refractivity contribution is 5.30. The predicted molar refractivity (Wildman–Crippen MR) is 91.9 cm³/mol. The first-order valence-corrected chi connectivity index (χ1v) is 8.60. The highest BCUT2D eigenvalue weighted by atomic mass is 16.5. The zero-order chi connectivity index (χ0) is 15.7. The van der Waals surface area contributed by atoms with Crippen LogP contribution in [0.2, 0.25) is 0 Å². The van der Waals surface area contributed by atoms with E-state index in [2.05, 4.69) is 64.2 Å². The van der Waals surface area contributed by atoms with E-state index in [1.165, 1.54) is 31.2 Å². The zero-order valence-electron chi connectivity index (χ0n) is 14.5. The van der Waals surface area contributed by atoms with E-state index >= 15 is 0 Å². The molecule has 0 amide bonds. The van der Waals surface area contributed by atoms with Crippen molar-refractivity contribution in [3.05, 3.63) is 29.8 Å². The van der Waals surface area contributed by atoms with Crippen LogP contribution in [0, 0.1) is 5.92 Å². The second-order valence-electron chi connectivity index (χ2n) is 6.16. The topological polar surface area (TPSA) is 21.3 Å². The largest absolute Gasteiger partial charge is 0.491 e. The molecule has 21 heavy (non-hydrogen) atoms. The Labute approximate surface area is 131 Å². The number of hydrogen-bond acceptors (Lipinski definition) is 2. The Balaban J connectivity index is 2.85. The Hall–Kier alpha value is -1.02. The minimum Gasteiger partial charge on any atom is -0.491 e. The van der Waals surface area contributed by atoms with Gasteiger partial charge in [-0.2, -0.15) is 0 Å². The molecule has 120 valence electrons. The molecule has 0 spiro atoms. The summed E-state index contributed by atoms with van der Waals surface area (Å²) in [5.41, 5.74) is 1.36. The van der Waals surface area contributed by atoms with Gasteiger partial charge >= 0.3 is 0 Å². The van der Waals surface area contributed by atoms with Crippen molar-refractivity contribution in [3.63, 3.8) is 0 Å². The molecular weight excluding hydrogens is 258 g/mol. The van der Waals surface area contributed by atoms with Crippen molar-refractivity contribution < 1.29 is 4.74 Å². The smallest absolute Gasteiger partial charge is 0.120 e. The van der Waals surface area contributed by atoms with Gasteiger partial charge in [-0.25, -0.2) is 0 Å². The molecule has 0 radical (unpaired) electrons. The molecule has 0 aromatic heterocycles. The van der Waals surface area contributed by atoms with Crippen LogP contribution in [0.1, 0.15) is 71.9 Å². The molecule has 0 aliphatic carbocycles. The van der Waals surface area contributed by atoms with Crippen molar-refractivity contribution in [2.45, 2.75) is 72.4 Å². The summed E-state index contributed by atoms with van der Waals surface area (Å²) in [7, 11) is 0. The van der Waals surface area contributed by atoms with E-state index in [9.17, 15) is 0 Å². The van der Waals surface area contributed by atoms with Gasteiger partial charge in [-0.1, -0.05) is 45.7 Å². The van der Waals surface area contributed by atoms with Crippen LogP contribution in [-0.4, -0.2) is 12.6 Å². The Morgan fingerprint density at radius 3 is 2.38 bits per heavy atom. The lowest BCUT2D eigenvalue weighted by molar-refractivity contribution is 0.242. The van der Waals surface area contributed by atoms with Crippen LogP contribution in [-0.2, 0) is 0 Å². The summed E-state index contributed by atoms with van der Waals surface area (Å²) >= 11 is 0. The van der Waals surface area contributed by atoms with Gasteiger partial charge in [0, 0.05) is 6.04 Å². The summed E-state index contributed by atoms with van der Waals surface area (Å²) in [6, 6.07) is 9.03. The summed E-state index contributed by atoms with van der Waals surface area (Å²) in [6.07, 6.45) is 5.10. The van der Waals surface area contributed by atoms with Crippen LogP contribution < -0.4 is 10.1 Å². The molecular formula is C19H33NO. The molecule has 0 aliphatic heterocycles. The van der Waals surface area contributed by atoms with Crippen molar-refractivity contribution >= 4 is 0 Å². The van der Waals surface area contributed by atoms with E-state index in [-0.39, 0.29) is 6.10 Å². The summed E-state index contributed by atoms with van der Waals surface area (Å²) in [5, 5.41) is 3.71. The molecule has 2 nitrogen and oxygen atoms in total. The molecule has 1 aromatic carbocycles. The van der Waals surface area contributed by atoms with Crippen LogP contribution in [0.4, 0.5) is 0 Å². The molecule has 1 unspecified atom stereocenters. The van der Waals surface area contributed by atoms with Crippen LogP contribution in [0.5, 0.6) is 5.75 Å². The quantitative estimate of drug-likeness (QED) is 0.628. The van der Waals surface area contributed by atoms with Gasteiger partial charge in [0.15, 0.2) is 0 Å². The monoisotopic (exact) mass is 291 g/mol. The van der Waals surface area contributed by atoms with Gasteiger partial charge in [0.05, 0.1) is 6.10 Å². The number of ether oxygens (including phenoxy) is 1. The number of benzene rings is 1. The third kappa shape index (κ3) is 6.52. The molecule has 1 rings (SSSR count). The fourth-order valence-electron chi connectivity index (χ4n) is 2.69. The van der Waals surface area contributed by atoms with Crippen LogP contribution >= 0.6 is 0 Å². The molecule has 0 heterocycles. The molecule has 0 fully saturated rings. The Bertz CT molecular complexity index is 385. The van der Waals surface area contributed by atoms with Crippen molar-refractivity contribution in [2.24, 2.45) is 5.92 Å². The van der Waals surface area contributed by atoms with E-state index in [1.807, 2.05) is 0 Å². The van der Waals surface area contributed by atoms with E-state index in [4.69, 9.17) is 4.74 Å². The third-order valence-electron chi connectivity index (χ3n) is 4.00. The van der Waals surface area contributed by atoms with Crippen LogP contribution in [0.3, 0.4) is 0 Å². The minimum atomic E-state index is 0.223. The first-order valence-electron chi connectivity index (χ1n) is 8.60. The fraction of sp³-hybridized carbons (Fsp3) is 0.684. The number of rotatable bonds is 10. The first kappa shape index (κ1) is 18.0. The fourth-order valence-corrected chi connectivity index (χ4v) is 2.69. The van der Waals surface area contributed by atoms with E-state index in [1.54, 1.807) is 0 Å². The second-order valence-corrected chi connectivity index (χ2v) is 6.16. The maximum absolute atomic E-state index is 5.84. The average molecular weight is 291 g/mol. The van der Waals surface area contributed by atoms with Crippen molar-refractivity contribution in [3.8, 4) is 5.75 Å². The summed E-state index contributed by atoms with van der Waals surface area (Å²) in [5.74, 6) is 1.77. The molecule has 0 saturated heterocycles. The lowest BCUT2D eigenvalue weighted by Gasteiger charge is -2.24. The minimum absolute atomic E-state index is 0.223. The first-order chi connectivity index (χ1) is 10.1. The van der Waals surface area contributed by atoms with Crippen molar-refractivity contribution in [1.82, 2.24) is 5.32 Å². The molecule has 0 aliphatic rings. The SMILES string of the molecule is CCCNC(CC(CC)CC)c1cccc(OC(C)C)c1. The second kappa shape index (κ2) is 9.83. The lowest BCUT2D eigenvalue weighted by atomic mass is 9.91. The summed E-state index contributed by atoms with van der Waals surface area (Å²) in [4.78, 5) is 0. The van der Waals surface area contributed by atoms with Gasteiger partial charge in [0.1, 0.15) is 5.75 Å². The summed E-state index contributed by atoms with van der Waals surface area (Å²) in [6.45, 7) is 12.0. The Morgan fingerprint density at radius 1 is 1.10 bits per heavy atom. The van der Waals surface area contributed by atoms with Gasteiger partial charge in [-0.05, 0) is 56.8 Å². The van der Waals surface area contributed by atoms with Crippen molar-refractivity contribution in [2.75, 3.05) is 6.54 Å². The molecule has 0 bridgehead atoms. The van der Waals surface area contributed by atoms with E-state index < -0.39 is 0 Å². The molecule has 1 atom stereocenters. The normalized spacial score (nSPS) is 12.9. The van der Waals surface area contributed by atoms with Gasteiger partial charge < -0.3 is 10.1 Å². The van der Waals surface area contributed by atoms with Gasteiger partial charge in [0.25, 0.3) is 0 Å². The number of hydrogen-bond donors (Lipinski definition) is 1. The molecule has 2 heteroatoms. The Morgan fingerprint density at radius 2 is 1.81 bits per heavy atom. The van der Waals surface area contributed by atoms with Gasteiger partial charge in [-0.3, -0.25) is 0 Å². The maximum Gasteiger partial charge on any atom is 0.120 e. The number of nitrogens with one attached hydrogen (secondary N) is 1. The third-order valence-corrected chi connectivity index (χ3v) is 4.00. The van der Waals surface area contributed by atoms with Gasteiger partial charge in [-0.15, -0.1) is 0 Å². The highest BCUT2D eigenvalue weighted by Crippen LogP contribution is 2.27. The molecule has 1 N–H and O–H groups in total. The predicted octanol–water partition coefficient (Wildman–Crippen LogP) is 5.34. The highest BCUT2D eigenvalue weighted by Gasteiger charge is 2.16.